The van der Waals surface area contributed by atoms with E-state index in [2.05, 4.69) is 22.3 Å². The van der Waals surface area contributed by atoms with E-state index in [0.717, 1.165) is 24.3 Å². The maximum absolute atomic E-state index is 11.9. The highest BCUT2D eigenvalue weighted by Gasteiger charge is 2.22. The van der Waals surface area contributed by atoms with Crippen molar-refractivity contribution in [2.45, 2.75) is 30.5 Å². The Kier molecular flexibility index (Phi) is 9.80. The van der Waals surface area contributed by atoms with Gasteiger partial charge in [0.05, 0.1) is 6.04 Å². The zero-order valence-electron chi connectivity index (χ0n) is 12.1. The fourth-order valence-electron chi connectivity index (χ4n) is 1.49. The van der Waals surface area contributed by atoms with Crippen LogP contribution in [0.5, 0.6) is 0 Å². The van der Waals surface area contributed by atoms with Crippen LogP contribution in [0.3, 0.4) is 0 Å². The van der Waals surface area contributed by atoms with E-state index in [1.807, 2.05) is 0 Å². The number of amides is 1. The van der Waals surface area contributed by atoms with Crippen molar-refractivity contribution in [3.05, 3.63) is 17.5 Å². The third-order valence-corrected chi connectivity index (χ3v) is 5.45. The molecule has 0 aliphatic carbocycles. The number of halogens is 1. The number of carbonyl (C=O) groups is 1. The highest BCUT2D eigenvalue weighted by molar-refractivity contribution is 7.91. The maximum Gasteiger partial charge on any atom is 0.250 e. The summed E-state index contributed by atoms with van der Waals surface area (Å²) in [7, 11) is -3.61. The molecule has 0 bridgehead atoms. The number of carbonyl (C=O) groups excluding carboxylic acids is 1. The second-order valence-corrected chi connectivity index (χ2v) is 7.20. The van der Waals surface area contributed by atoms with Gasteiger partial charge in [0.2, 0.25) is 5.91 Å². The van der Waals surface area contributed by atoms with E-state index in [1.54, 1.807) is 11.4 Å². The molecule has 0 saturated carbocycles. The normalized spacial score (nSPS) is 12.5. The molecule has 1 aromatic heterocycles. The summed E-state index contributed by atoms with van der Waals surface area (Å²) < 4.78 is 26.4. The molecule has 1 unspecified atom stereocenters. The first-order chi connectivity index (χ1) is 9.47. The van der Waals surface area contributed by atoms with Crippen molar-refractivity contribution in [2.75, 3.05) is 19.6 Å². The summed E-state index contributed by atoms with van der Waals surface area (Å²) in [6.45, 7) is 5.64. The van der Waals surface area contributed by atoms with Gasteiger partial charge in [0.25, 0.3) is 10.0 Å². The highest BCUT2D eigenvalue weighted by atomic mass is 35.5. The van der Waals surface area contributed by atoms with Crippen LogP contribution in [0.25, 0.3) is 0 Å². The zero-order valence-corrected chi connectivity index (χ0v) is 14.5. The van der Waals surface area contributed by atoms with Crippen LogP contribution in [0.1, 0.15) is 20.3 Å². The van der Waals surface area contributed by atoms with Crippen LogP contribution >= 0.6 is 23.7 Å². The minimum atomic E-state index is -3.61. The smallest absolute Gasteiger partial charge is 0.250 e. The number of hydrogen-bond donors (Lipinski definition) is 3. The number of hydrogen-bond acceptors (Lipinski definition) is 5. The Morgan fingerprint density at radius 1 is 1.33 bits per heavy atom. The van der Waals surface area contributed by atoms with Gasteiger partial charge in [0.15, 0.2) is 0 Å². The van der Waals surface area contributed by atoms with Gasteiger partial charge in [-0.05, 0) is 31.3 Å². The van der Waals surface area contributed by atoms with E-state index in [1.165, 1.54) is 13.0 Å². The van der Waals surface area contributed by atoms with Gasteiger partial charge >= 0.3 is 0 Å². The molecule has 0 aromatic carbocycles. The fraction of sp³-hybridized carbons (Fsp3) is 0.583. The van der Waals surface area contributed by atoms with E-state index in [4.69, 9.17) is 0 Å². The lowest BCUT2D eigenvalue weighted by molar-refractivity contribution is -0.122. The van der Waals surface area contributed by atoms with Gasteiger partial charge < -0.3 is 10.6 Å². The Labute approximate surface area is 136 Å². The molecule has 1 heterocycles. The Bertz CT molecular complexity index is 506. The van der Waals surface area contributed by atoms with Gasteiger partial charge in [0.1, 0.15) is 4.21 Å². The van der Waals surface area contributed by atoms with Gasteiger partial charge in [-0.2, -0.15) is 4.72 Å². The van der Waals surface area contributed by atoms with Gasteiger partial charge in [-0.15, -0.1) is 23.7 Å². The van der Waals surface area contributed by atoms with Crippen molar-refractivity contribution in [3.8, 4) is 0 Å². The molecule has 0 aliphatic rings. The summed E-state index contributed by atoms with van der Waals surface area (Å²) in [6.07, 6.45) is 1.03. The van der Waals surface area contributed by atoms with Gasteiger partial charge in [-0.3, -0.25) is 4.79 Å². The van der Waals surface area contributed by atoms with Gasteiger partial charge in [0, 0.05) is 13.1 Å². The van der Waals surface area contributed by atoms with E-state index in [9.17, 15) is 13.2 Å². The Hall–Kier alpha value is -0.670. The molecule has 0 aliphatic heterocycles. The first-order valence-electron chi connectivity index (χ1n) is 6.51. The third kappa shape index (κ3) is 7.23. The SMILES string of the molecule is CCCNCCNC(=O)C(C)NS(=O)(=O)c1cccs1.Cl. The summed E-state index contributed by atoms with van der Waals surface area (Å²) in [5.41, 5.74) is 0. The number of sulfonamides is 1. The predicted octanol–water partition coefficient (Wildman–Crippen LogP) is 0.952. The van der Waals surface area contributed by atoms with Crippen LogP contribution in [-0.2, 0) is 14.8 Å². The molecule has 6 nitrogen and oxygen atoms in total. The first kappa shape index (κ1) is 20.3. The molecule has 1 amide bonds. The topological polar surface area (TPSA) is 87.3 Å². The number of rotatable bonds is 9. The summed E-state index contributed by atoms with van der Waals surface area (Å²) in [6, 6.07) is 2.36. The van der Waals surface area contributed by atoms with Crippen molar-refractivity contribution in [3.63, 3.8) is 0 Å². The Morgan fingerprint density at radius 3 is 2.62 bits per heavy atom. The number of thiophene rings is 1. The molecule has 1 atom stereocenters. The van der Waals surface area contributed by atoms with Crippen LogP contribution < -0.4 is 15.4 Å². The minimum absolute atomic E-state index is 0. The van der Waals surface area contributed by atoms with E-state index >= 15 is 0 Å². The van der Waals surface area contributed by atoms with Crippen molar-refractivity contribution < 1.29 is 13.2 Å². The molecule has 9 heteroatoms. The lowest BCUT2D eigenvalue weighted by atomic mass is 10.3. The molecule has 1 rings (SSSR count). The summed E-state index contributed by atoms with van der Waals surface area (Å²) >= 11 is 1.12. The monoisotopic (exact) mass is 355 g/mol. The quantitative estimate of drug-likeness (QED) is 0.576. The summed E-state index contributed by atoms with van der Waals surface area (Å²) in [4.78, 5) is 11.8. The first-order valence-corrected chi connectivity index (χ1v) is 8.88. The Balaban J connectivity index is 0.00000400. The van der Waals surface area contributed by atoms with Crippen LogP contribution in [-0.4, -0.2) is 40.0 Å². The lowest BCUT2D eigenvalue weighted by Gasteiger charge is -2.13. The fourth-order valence-corrected chi connectivity index (χ4v) is 3.70. The third-order valence-electron chi connectivity index (χ3n) is 2.51. The molecule has 0 radical (unpaired) electrons. The van der Waals surface area contributed by atoms with Crippen molar-refractivity contribution in [2.24, 2.45) is 0 Å². The highest BCUT2D eigenvalue weighted by Crippen LogP contribution is 2.15. The average molecular weight is 356 g/mol. The van der Waals surface area contributed by atoms with Gasteiger partial charge in [-0.25, -0.2) is 8.42 Å². The molecule has 122 valence electrons. The standard InChI is InChI=1S/C12H21N3O3S2.ClH/c1-3-6-13-7-8-14-12(16)10(2)15-20(17,18)11-5-4-9-19-11;/h4-5,9-10,13,15H,3,6-8H2,1-2H3,(H,14,16);1H. The molecule has 0 fully saturated rings. The molecular weight excluding hydrogens is 334 g/mol. The minimum Gasteiger partial charge on any atom is -0.353 e. The van der Waals surface area contributed by atoms with Crippen LogP contribution in [0.2, 0.25) is 0 Å². The average Bonchev–Trinajstić information content (AvgIpc) is 2.92. The second-order valence-electron chi connectivity index (χ2n) is 4.32. The predicted molar refractivity (Wildman–Crippen MR) is 87.5 cm³/mol. The zero-order chi connectivity index (χ0) is 15.0. The molecule has 1 aromatic rings. The van der Waals surface area contributed by atoms with Gasteiger partial charge in [-0.1, -0.05) is 13.0 Å². The summed E-state index contributed by atoms with van der Waals surface area (Å²) in [5, 5.41) is 7.51. The molecule has 0 saturated heterocycles. The Morgan fingerprint density at radius 2 is 2.05 bits per heavy atom. The van der Waals surface area contributed by atoms with Crippen LogP contribution in [0.15, 0.2) is 21.7 Å². The molecule has 21 heavy (non-hydrogen) atoms. The van der Waals surface area contributed by atoms with E-state index in [0.29, 0.717) is 13.1 Å². The van der Waals surface area contributed by atoms with Crippen LogP contribution in [0, 0.1) is 0 Å². The van der Waals surface area contributed by atoms with E-state index in [-0.39, 0.29) is 22.5 Å². The second kappa shape index (κ2) is 10.1. The van der Waals surface area contributed by atoms with E-state index < -0.39 is 16.1 Å². The number of nitrogens with one attached hydrogen (secondary N) is 3. The summed E-state index contributed by atoms with van der Waals surface area (Å²) in [5.74, 6) is -0.330. The lowest BCUT2D eigenvalue weighted by Crippen LogP contribution is -2.46. The van der Waals surface area contributed by atoms with Crippen molar-refractivity contribution >= 4 is 39.7 Å². The maximum atomic E-state index is 11.9. The molecule has 3 N–H and O–H groups in total. The van der Waals surface area contributed by atoms with Crippen molar-refractivity contribution in [1.29, 1.82) is 0 Å². The van der Waals surface area contributed by atoms with Crippen LogP contribution in [0.4, 0.5) is 0 Å². The van der Waals surface area contributed by atoms with Crippen molar-refractivity contribution in [1.82, 2.24) is 15.4 Å². The largest absolute Gasteiger partial charge is 0.353 e. The molecule has 0 spiro atoms. The molecular formula is C12H22ClN3O3S2.